The summed E-state index contributed by atoms with van der Waals surface area (Å²) < 4.78 is 5.70. The fraction of sp³-hybridized carbons (Fsp3) is 0.438. The highest BCUT2D eigenvalue weighted by Crippen LogP contribution is 2.27. The van der Waals surface area contributed by atoms with Crippen LogP contribution in [-0.4, -0.2) is 26.4 Å². The molecule has 4 heteroatoms. The van der Waals surface area contributed by atoms with E-state index in [2.05, 4.69) is 48.2 Å². The number of hydrogen-bond donors (Lipinski definition) is 1. The zero-order valence-corrected chi connectivity index (χ0v) is 13.6. The molecule has 1 N–H and O–H groups in total. The molecule has 0 aliphatic heterocycles. The lowest BCUT2D eigenvalue weighted by molar-refractivity contribution is 0.166. The minimum Gasteiger partial charge on any atom is -0.362 e. The van der Waals surface area contributed by atoms with Crippen molar-refractivity contribution in [3.63, 3.8) is 0 Å². The van der Waals surface area contributed by atoms with Crippen molar-refractivity contribution in [1.82, 2.24) is 4.98 Å². The average Bonchev–Trinajstić information content (AvgIpc) is 2.91. The van der Waals surface area contributed by atoms with Gasteiger partial charge in [-0.15, -0.1) is 0 Å². The molecule has 0 saturated carbocycles. The van der Waals surface area contributed by atoms with E-state index in [0.29, 0.717) is 6.73 Å². The minimum absolute atomic E-state index is 0.554. The summed E-state index contributed by atoms with van der Waals surface area (Å²) in [5.41, 5.74) is 3.48. The molecule has 0 saturated heterocycles. The van der Waals surface area contributed by atoms with Crippen molar-refractivity contribution in [2.75, 3.05) is 18.7 Å². The van der Waals surface area contributed by atoms with Crippen LogP contribution in [0.2, 0.25) is 25.7 Å². The van der Waals surface area contributed by atoms with E-state index >= 15 is 0 Å². The van der Waals surface area contributed by atoms with Crippen molar-refractivity contribution in [3.05, 3.63) is 42.3 Å². The summed E-state index contributed by atoms with van der Waals surface area (Å²) in [4.78, 5) is 4.22. The number of nitrogens with zero attached hydrogens (tertiary/aromatic N) is 1. The molecule has 0 radical (unpaired) electrons. The summed E-state index contributed by atoms with van der Waals surface area (Å²) in [5.74, 6) is 0. The van der Waals surface area contributed by atoms with Crippen LogP contribution in [0.15, 0.2) is 36.7 Å². The lowest BCUT2D eigenvalue weighted by Gasteiger charge is -2.16. The van der Waals surface area contributed by atoms with Gasteiger partial charge in [0.25, 0.3) is 0 Å². The molecular formula is C16H24N2OSi. The van der Waals surface area contributed by atoms with Gasteiger partial charge in [0.15, 0.2) is 0 Å². The van der Waals surface area contributed by atoms with Crippen LogP contribution in [0.3, 0.4) is 0 Å². The molecule has 0 atom stereocenters. The van der Waals surface area contributed by atoms with E-state index in [-0.39, 0.29) is 0 Å². The van der Waals surface area contributed by atoms with Crippen molar-refractivity contribution in [2.24, 2.45) is 0 Å². The molecule has 1 aromatic rings. The molecule has 108 valence electrons. The molecular weight excluding hydrogens is 264 g/mol. The highest BCUT2D eigenvalue weighted by Gasteiger charge is 2.12. The first kappa shape index (κ1) is 15.0. The van der Waals surface area contributed by atoms with Crippen molar-refractivity contribution in [1.29, 1.82) is 0 Å². The fourth-order valence-corrected chi connectivity index (χ4v) is 2.77. The summed E-state index contributed by atoms with van der Waals surface area (Å²) in [5, 5.41) is 3.35. The highest BCUT2D eigenvalue weighted by molar-refractivity contribution is 6.76. The van der Waals surface area contributed by atoms with Crippen LogP contribution in [0.25, 0.3) is 5.57 Å². The van der Waals surface area contributed by atoms with Gasteiger partial charge in [0.2, 0.25) is 0 Å². The van der Waals surface area contributed by atoms with Crippen LogP contribution in [0.4, 0.5) is 5.69 Å². The summed E-state index contributed by atoms with van der Waals surface area (Å²) in [6, 6.07) is 3.20. The van der Waals surface area contributed by atoms with Gasteiger partial charge in [-0.3, -0.25) is 4.98 Å². The number of nitrogens with one attached hydrogen (secondary N) is 1. The first-order chi connectivity index (χ1) is 9.56. The number of hydrogen-bond acceptors (Lipinski definition) is 3. The van der Waals surface area contributed by atoms with Crippen molar-refractivity contribution in [2.45, 2.75) is 32.1 Å². The lowest BCUT2D eigenvalue weighted by atomic mass is 10.1. The molecule has 0 spiro atoms. The van der Waals surface area contributed by atoms with Crippen LogP contribution in [-0.2, 0) is 4.74 Å². The lowest BCUT2D eigenvalue weighted by Crippen LogP contribution is -2.22. The summed E-state index contributed by atoms with van der Waals surface area (Å²) in [6.45, 7) is 8.49. The molecule has 0 amide bonds. The van der Waals surface area contributed by atoms with E-state index in [1.165, 1.54) is 11.6 Å². The molecule has 3 nitrogen and oxygen atoms in total. The SMILES string of the molecule is C[Si](C)(C)CCOCNc1ccncc1C1=CCC=C1. The predicted molar refractivity (Wildman–Crippen MR) is 88.6 cm³/mol. The molecule has 0 bridgehead atoms. The second-order valence-corrected chi connectivity index (χ2v) is 11.9. The average molecular weight is 288 g/mol. The largest absolute Gasteiger partial charge is 0.362 e. The Morgan fingerprint density at radius 3 is 2.90 bits per heavy atom. The second kappa shape index (κ2) is 6.86. The number of ether oxygens (including phenoxy) is 1. The minimum atomic E-state index is -1.000. The van der Waals surface area contributed by atoms with Crippen molar-refractivity contribution >= 4 is 19.3 Å². The zero-order chi connectivity index (χ0) is 14.4. The Kier molecular flexibility index (Phi) is 5.15. The van der Waals surface area contributed by atoms with Gasteiger partial charge in [-0.1, -0.05) is 37.9 Å². The Hall–Kier alpha value is -1.39. The van der Waals surface area contributed by atoms with E-state index < -0.39 is 8.07 Å². The van der Waals surface area contributed by atoms with Gasteiger partial charge in [-0.05, 0) is 24.1 Å². The number of anilines is 1. The Bertz CT molecular complexity index is 503. The Morgan fingerprint density at radius 2 is 2.20 bits per heavy atom. The first-order valence-corrected chi connectivity index (χ1v) is 10.9. The molecule has 0 aromatic carbocycles. The number of allylic oxidation sites excluding steroid dienone is 4. The Labute approximate surface area is 122 Å². The van der Waals surface area contributed by atoms with Crippen LogP contribution < -0.4 is 5.32 Å². The molecule has 1 aliphatic rings. The van der Waals surface area contributed by atoms with Gasteiger partial charge in [0.05, 0.1) is 0 Å². The quantitative estimate of drug-likeness (QED) is 0.465. The summed E-state index contributed by atoms with van der Waals surface area (Å²) in [6.07, 6.45) is 11.3. The number of rotatable bonds is 7. The third kappa shape index (κ3) is 4.61. The monoisotopic (exact) mass is 288 g/mol. The van der Waals surface area contributed by atoms with Gasteiger partial charge >= 0.3 is 0 Å². The van der Waals surface area contributed by atoms with Crippen LogP contribution >= 0.6 is 0 Å². The molecule has 20 heavy (non-hydrogen) atoms. The predicted octanol–water partition coefficient (Wildman–Crippen LogP) is 4.15. The maximum atomic E-state index is 5.70. The topological polar surface area (TPSA) is 34.1 Å². The second-order valence-electron chi connectivity index (χ2n) is 6.26. The zero-order valence-electron chi connectivity index (χ0n) is 12.6. The smallest absolute Gasteiger partial charge is 0.116 e. The van der Waals surface area contributed by atoms with Crippen LogP contribution in [0.1, 0.15) is 12.0 Å². The molecule has 0 unspecified atom stereocenters. The third-order valence-electron chi connectivity index (χ3n) is 3.26. The molecule has 1 aromatic heterocycles. The van der Waals surface area contributed by atoms with E-state index in [9.17, 15) is 0 Å². The van der Waals surface area contributed by atoms with Gasteiger partial charge in [-0.2, -0.15) is 0 Å². The third-order valence-corrected chi connectivity index (χ3v) is 4.97. The molecule has 2 rings (SSSR count). The summed E-state index contributed by atoms with van der Waals surface area (Å²) in [7, 11) is -1.000. The number of pyridine rings is 1. The van der Waals surface area contributed by atoms with Gasteiger partial charge in [-0.25, -0.2) is 0 Å². The summed E-state index contributed by atoms with van der Waals surface area (Å²) >= 11 is 0. The first-order valence-electron chi connectivity index (χ1n) is 7.19. The standard InChI is InChI=1S/C16H24N2OSi/c1-20(2,3)11-10-19-13-18-16-8-9-17-12-15(16)14-6-4-5-7-14/h4,6-9,12H,5,10-11,13H2,1-3H3,(H,17,18). The Balaban J connectivity index is 1.86. The molecule has 0 fully saturated rings. The van der Waals surface area contributed by atoms with E-state index in [1.54, 1.807) is 0 Å². The van der Waals surface area contributed by atoms with Crippen molar-refractivity contribution < 1.29 is 4.74 Å². The van der Waals surface area contributed by atoms with E-state index in [0.717, 1.165) is 24.3 Å². The fourth-order valence-electron chi connectivity index (χ4n) is 2.02. The maximum Gasteiger partial charge on any atom is 0.116 e. The number of aromatic nitrogens is 1. The highest BCUT2D eigenvalue weighted by atomic mass is 28.3. The molecule has 1 aliphatic carbocycles. The van der Waals surface area contributed by atoms with Gasteiger partial charge in [0.1, 0.15) is 6.73 Å². The molecule has 1 heterocycles. The van der Waals surface area contributed by atoms with Gasteiger partial charge in [0, 0.05) is 38.3 Å². The van der Waals surface area contributed by atoms with Gasteiger partial charge < -0.3 is 10.1 Å². The van der Waals surface area contributed by atoms with E-state index in [1.807, 2.05) is 18.5 Å². The Morgan fingerprint density at radius 1 is 1.35 bits per heavy atom. The van der Waals surface area contributed by atoms with E-state index in [4.69, 9.17) is 4.74 Å². The maximum absolute atomic E-state index is 5.70. The van der Waals surface area contributed by atoms with Crippen LogP contribution in [0, 0.1) is 0 Å². The normalized spacial score (nSPS) is 14.4. The van der Waals surface area contributed by atoms with Crippen molar-refractivity contribution in [3.8, 4) is 0 Å². The van der Waals surface area contributed by atoms with Crippen LogP contribution in [0.5, 0.6) is 0 Å².